The van der Waals surface area contributed by atoms with Gasteiger partial charge in [-0.05, 0) is 29.0 Å². The molecule has 0 amide bonds. The molecule has 1 heterocycles. The van der Waals surface area contributed by atoms with Crippen molar-refractivity contribution in [2.24, 2.45) is 0 Å². The zero-order valence-corrected chi connectivity index (χ0v) is 11.7. The quantitative estimate of drug-likeness (QED) is 0.518. The maximum absolute atomic E-state index is 11.7. The number of ether oxygens (including phenoxy) is 2. The molecule has 0 saturated carbocycles. The van der Waals surface area contributed by atoms with E-state index in [1.54, 1.807) is 6.07 Å². The van der Waals surface area contributed by atoms with Crippen LogP contribution < -0.4 is 4.74 Å². The standard InChI is InChI=1S/C19H12O3/c20-19-17-8-4-3-7-16(17)18(22-19)12-21-15-10-9-13-5-1-2-6-14(13)11-15/h1-12H/b18-12-. The van der Waals surface area contributed by atoms with Gasteiger partial charge in [0.1, 0.15) is 12.0 Å². The second-order valence-corrected chi connectivity index (χ2v) is 5.04. The maximum Gasteiger partial charge on any atom is 0.344 e. The van der Waals surface area contributed by atoms with E-state index in [2.05, 4.69) is 0 Å². The zero-order chi connectivity index (χ0) is 14.9. The molecule has 0 aliphatic carbocycles. The van der Waals surface area contributed by atoms with Gasteiger partial charge in [0.05, 0.1) is 5.56 Å². The van der Waals surface area contributed by atoms with E-state index in [0.717, 1.165) is 16.3 Å². The molecule has 1 aliphatic heterocycles. The van der Waals surface area contributed by atoms with Crippen molar-refractivity contribution in [3.8, 4) is 5.75 Å². The number of carbonyl (C=O) groups is 1. The Morgan fingerprint density at radius 2 is 1.55 bits per heavy atom. The van der Waals surface area contributed by atoms with E-state index in [1.165, 1.54) is 6.26 Å². The first-order valence-electron chi connectivity index (χ1n) is 6.98. The lowest BCUT2D eigenvalue weighted by molar-refractivity contribution is 0.0712. The van der Waals surface area contributed by atoms with Crippen molar-refractivity contribution < 1.29 is 14.3 Å². The number of benzene rings is 3. The fraction of sp³-hybridized carbons (Fsp3) is 0. The molecule has 0 atom stereocenters. The summed E-state index contributed by atoms with van der Waals surface area (Å²) in [4.78, 5) is 11.7. The first-order chi connectivity index (χ1) is 10.8. The molecule has 0 bridgehead atoms. The Labute approximate surface area is 127 Å². The van der Waals surface area contributed by atoms with Crippen LogP contribution in [0.2, 0.25) is 0 Å². The number of cyclic esters (lactones) is 1. The van der Waals surface area contributed by atoms with E-state index in [-0.39, 0.29) is 5.97 Å². The highest BCUT2D eigenvalue weighted by Gasteiger charge is 2.26. The van der Waals surface area contributed by atoms with Crippen molar-refractivity contribution in [1.82, 2.24) is 0 Å². The van der Waals surface area contributed by atoms with Crippen LogP contribution in [-0.2, 0) is 4.74 Å². The predicted octanol–water partition coefficient (Wildman–Crippen LogP) is 4.39. The molecule has 0 fully saturated rings. The van der Waals surface area contributed by atoms with E-state index < -0.39 is 0 Å². The summed E-state index contributed by atoms with van der Waals surface area (Å²) in [7, 11) is 0. The molecule has 0 N–H and O–H groups in total. The summed E-state index contributed by atoms with van der Waals surface area (Å²) in [6.07, 6.45) is 1.48. The van der Waals surface area contributed by atoms with Crippen LogP contribution in [0.25, 0.3) is 16.5 Å². The second-order valence-electron chi connectivity index (χ2n) is 5.04. The van der Waals surface area contributed by atoms with Crippen LogP contribution in [0.15, 0.2) is 73.0 Å². The first kappa shape index (κ1) is 12.7. The molecule has 3 aromatic rings. The van der Waals surface area contributed by atoms with E-state index in [4.69, 9.17) is 9.47 Å². The summed E-state index contributed by atoms with van der Waals surface area (Å²) in [5.41, 5.74) is 1.32. The summed E-state index contributed by atoms with van der Waals surface area (Å²) in [5.74, 6) is 0.796. The molecule has 1 aliphatic rings. The fourth-order valence-electron chi connectivity index (χ4n) is 2.54. The molecule has 0 unspecified atom stereocenters. The first-order valence-corrected chi connectivity index (χ1v) is 6.98. The highest BCUT2D eigenvalue weighted by molar-refractivity contribution is 6.02. The van der Waals surface area contributed by atoms with Crippen molar-refractivity contribution in [2.75, 3.05) is 0 Å². The van der Waals surface area contributed by atoms with Gasteiger partial charge in [0, 0.05) is 5.56 Å². The van der Waals surface area contributed by atoms with Crippen LogP contribution >= 0.6 is 0 Å². The SMILES string of the molecule is O=C1O/C(=C\Oc2ccc3ccccc3c2)c2ccccc21. The minimum absolute atomic E-state index is 0.344. The van der Waals surface area contributed by atoms with Crippen LogP contribution in [-0.4, -0.2) is 5.97 Å². The Hall–Kier alpha value is -3.07. The number of hydrogen-bond acceptors (Lipinski definition) is 3. The molecule has 0 spiro atoms. The van der Waals surface area contributed by atoms with Crippen molar-refractivity contribution in [3.63, 3.8) is 0 Å². The molecular formula is C19H12O3. The molecule has 0 aromatic heterocycles. The summed E-state index contributed by atoms with van der Waals surface area (Å²) in [6.45, 7) is 0. The molecule has 3 nitrogen and oxygen atoms in total. The van der Waals surface area contributed by atoms with Crippen LogP contribution in [0.4, 0.5) is 0 Å². The van der Waals surface area contributed by atoms with Gasteiger partial charge in [0.2, 0.25) is 0 Å². The van der Waals surface area contributed by atoms with Crippen molar-refractivity contribution in [2.45, 2.75) is 0 Å². The van der Waals surface area contributed by atoms with Gasteiger partial charge < -0.3 is 9.47 Å². The lowest BCUT2D eigenvalue weighted by Crippen LogP contribution is -1.92. The largest absolute Gasteiger partial charge is 0.461 e. The summed E-state index contributed by atoms with van der Waals surface area (Å²) >= 11 is 0. The summed E-state index contributed by atoms with van der Waals surface area (Å²) < 4.78 is 10.9. The Morgan fingerprint density at radius 1 is 0.818 bits per heavy atom. The van der Waals surface area contributed by atoms with Gasteiger partial charge in [-0.25, -0.2) is 4.79 Å². The smallest absolute Gasteiger partial charge is 0.344 e. The Morgan fingerprint density at radius 3 is 2.41 bits per heavy atom. The number of esters is 1. The molecule has 3 heteroatoms. The van der Waals surface area contributed by atoms with Gasteiger partial charge in [-0.3, -0.25) is 0 Å². The molecule has 0 radical (unpaired) electrons. The average Bonchev–Trinajstić information content (AvgIpc) is 2.89. The minimum Gasteiger partial charge on any atom is -0.461 e. The topological polar surface area (TPSA) is 35.5 Å². The highest BCUT2D eigenvalue weighted by Crippen LogP contribution is 2.30. The van der Waals surface area contributed by atoms with E-state index in [1.807, 2.05) is 60.7 Å². The number of carbonyl (C=O) groups excluding carboxylic acids is 1. The Bertz CT molecular complexity index is 909. The van der Waals surface area contributed by atoms with E-state index in [0.29, 0.717) is 17.1 Å². The third kappa shape index (κ3) is 2.13. The van der Waals surface area contributed by atoms with Gasteiger partial charge in [-0.15, -0.1) is 0 Å². The van der Waals surface area contributed by atoms with Gasteiger partial charge in [0.15, 0.2) is 5.76 Å². The second kappa shape index (κ2) is 5.04. The Balaban J connectivity index is 1.65. The fourth-order valence-corrected chi connectivity index (χ4v) is 2.54. The van der Waals surface area contributed by atoms with Crippen LogP contribution in [0.1, 0.15) is 15.9 Å². The average molecular weight is 288 g/mol. The van der Waals surface area contributed by atoms with Crippen molar-refractivity contribution >= 4 is 22.5 Å². The molecule has 3 aromatic carbocycles. The maximum atomic E-state index is 11.7. The third-order valence-corrected chi connectivity index (χ3v) is 3.64. The van der Waals surface area contributed by atoms with E-state index >= 15 is 0 Å². The third-order valence-electron chi connectivity index (χ3n) is 3.64. The molecule has 22 heavy (non-hydrogen) atoms. The van der Waals surface area contributed by atoms with Crippen LogP contribution in [0.5, 0.6) is 5.75 Å². The van der Waals surface area contributed by atoms with Crippen LogP contribution in [0.3, 0.4) is 0 Å². The molecular weight excluding hydrogens is 276 g/mol. The van der Waals surface area contributed by atoms with Gasteiger partial charge >= 0.3 is 5.97 Å². The Kier molecular flexibility index (Phi) is 2.90. The van der Waals surface area contributed by atoms with E-state index in [9.17, 15) is 4.79 Å². The highest BCUT2D eigenvalue weighted by atomic mass is 16.6. The van der Waals surface area contributed by atoms with Gasteiger partial charge in [-0.1, -0.05) is 48.5 Å². The lowest BCUT2D eigenvalue weighted by atomic mass is 10.1. The van der Waals surface area contributed by atoms with Gasteiger partial charge in [0.25, 0.3) is 0 Å². The number of rotatable bonds is 2. The van der Waals surface area contributed by atoms with Crippen LogP contribution in [0, 0.1) is 0 Å². The summed E-state index contributed by atoms with van der Waals surface area (Å²) in [6, 6.07) is 21.2. The molecule has 106 valence electrons. The van der Waals surface area contributed by atoms with Crippen molar-refractivity contribution in [3.05, 3.63) is 84.1 Å². The molecule has 4 rings (SSSR count). The minimum atomic E-state index is -0.344. The van der Waals surface area contributed by atoms with Crippen molar-refractivity contribution in [1.29, 1.82) is 0 Å². The lowest BCUT2D eigenvalue weighted by Gasteiger charge is -2.04. The predicted molar refractivity (Wildman–Crippen MR) is 84.4 cm³/mol. The normalized spacial score (nSPS) is 14.9. The number of fused-ring (bicyclic) bond motifs is 2. The van der Waals surface area contributed by atoms with Gasteiger partial charge in [-0.2, -0.15) is 0 Å². The summed E-state index contributed by atoms with van der Waals surface area (Å²) in [5, 5.41) is 2.25. The molecule has 0 saturated heterocycles. The number of hydrogen-bond donors (Lipinski definition) is 0. The monoisotopic (exact) mass is 288 g/mol. The zero-order valence-electron chi connectivity index (χ0n) is 11.7.